The van der Waals surface area contributed by atoms with Gasteiger partial charge in [-0.25, -0.2) is 9.98 Å². The zero-order valence-electron chi connectivity index (χ0n) is 14.8. The standard InChI is InChI=1S/C20H14Cl4N4O/c21-11-5-6-12(22)16(9-11)25-19(29)10-4-7-15-17(8-10)27-20(26-15)28-18-13(23)2-1-3-14(18)24/h2,4-9,14H,1,3H2,(H,25,29)(H,26,27). The van der Waals surface area contributed by atoms with Crippen LogP contribution < -0.4 is 5.32 Å². The zero-order valence-corrected chi connectivity index (χ0v) is 17.9. The summed E-state index contributed by atoms with van der Waals surface area (Å²) in [5, 5.41) is 3.91. The van der Waals surface area contributed by atoms with Crippen LogP contribution in [0.1, 0.15) is 23.2 Å². The number of carbonyl (C=O) groups excluding carboxylic acids is 1. The molecule has 1 aromatic heterocycles. The summed E-state index contributed by atoms with van der Waals surface area (Å²) >= 11 is 24.6. The van der Waals surface area contributed by atoms with Gasteiger partial charge in [-0.15, -0.1) is 11.6 Å². The van der Waals surface area contributed by atoms with E-state index >= 15 is 0 Å². The minimum atomic E-state index is -0.322. The SMILES string of the molecule is O=C(Nc1cc(Cl)ccc1Cl)c1ccc2nc(N=C3C(Cl)=CCCC3Cl)[nH]c2c1. The average Bonchev–Trinajstić information content (AvgIpc) is 3.09. The summed E-state index contributed by atoms with van der Waals surface area (Å²) in [5.74, 6) is 0.0576. The first kappa shape index (κ1) is 20.2. The quantitative estimate of drug-likeness (QED) is 0.419. The van der Waals surface area contributed by atoms with E-state index in [1.165, 1.54) is 0 Å². The minimum absolute atomic E-state index is 0.260. The molecule has 29 heavy (non-hydrogen) atoms. The summed E-state index contributed by atoms with van der Waals surface area (Å²) in [6, 6.07) is 9.97. The molecule has 1 amide bonds. The Morgan fingerprint density at radius 1 is 1.17 bits per heavy atom. The van der Waals surface area contributed by atoms with Crippen LogP contribution in [-0.2, 0) is 0 Å². The van der Waals surface area contributed by atoms with Gasteiger partial charge in [-0.2, -0.15) is 0 Å². The molecule has 0 bridgehead atoms. The molecule has 0 radical (unpaired) electrons. The molecule has 0 spiro atoms. The van der Waals surface area contributed by atoms with E-state index in [0.717, 1.165) is 12.8 Å². The fraction of sp³-hybridized carbons (Fsp3) is 0.150. The predicted octanol–water partition coefficient (Wildman–Crippen LogP) is 6.72. The molecule has 4 rings (SSSR count). The number of hydrogen-bond acceptors (Lipinski definition) is 3. The van der Waals surface area contributed by atoms with Crippen LogP contribution in [0.2, 0.25) is 10.0 Å². The first-order chi connectivity index (χ1) is 13.9. The number of imidazole rings is 1. The zero-order chi connectivity index (χ0) is 20.5. The van der Waals surface area contributed by atoms with Gasteiger partial charge in [0, 0.05) is 10.6 Å². The second-order valence-corrected chi connectivity index (χ2v) is 8.24. The molecular formula is C20H14Cl4N4O. The number of alkyl halides is 1. The van der Waals surface area contributed by atoms with Crippen molar-refractivity contribution < 1.29 is 4.79 Å². The Kier molecular flexibility index (Phi) is 5.83. The van der Waals surface area contributed by atoms with Gasteiger partial charge in [-0.05, 0) is 49.2 Å². The Labute approximate surface area is 186 Å². The summed E-state index contributed by atoms with van der Waals surface area (Å²) < 4.78 is 0. The molecule has 2 N–H and O–H groups in total. The van der Waals surface area contributed by atoms with Crippen LogP contribution in [0.4, 0.5) is 11.6 Å². The molecule has 5 nitrogen and oxygen atoms in total. The van der Waals surface area contributed by atoms with E-state index in [0.29, 0.717) is 49.0 Å². The lowest BCUT2D eigenvalue weighted by Gasteiger charge is -2.15. The van der Waals surface area contributed by atoms with Crippen molar-refractivity contribution in [3.63, 3.8) is 0 Å². The number of H-pyrrole nitrogens is 1. The number of anilines is 1. The van der Waals surface area contributed by atoms with Crippen LogP contribution in [0, 0.1) is 0 Å². The van der Waals surface area contributed by atoms with Crippen LogP contribution >= 0.6 is 46.4 Å². The number of benzene rings is 2. The van der Waals surface area contributed by atoms with Gasteiger partial charge >= 0.3 is 0 Å². The van der Waals surface area contributed by atoms with E-state index in [4.69, 9.17) is 46.4 Å². The van der Waals surface area contributed by atoms with Crippen LogP contribution in [0.15, 0.2) is 52.5 Å². The fourth-order valence-corrected chi connectivity index (χ4v) is 3.93. The van der Waals surface area contributed by atoms with Gasteiger partial charge in [0.15, 0.2) is 0 Å². The van der Waals surface area contributed by atoms with E-state index in [-0.39, 0.29) is 11.3 Å². The Morgan fingerprint density at radius 3 is 2.79 bits per heavy atom. The summed E-state index contributed by atoms with van der Waals surface area (Å²) in [7, 11) is 0. The molecule has 1 unspecified atom stereocenters. The van der Waals surface area contributed by atoms with Gasteiger partial charge in [-0.3, -0.25) is 4.79 Å². The summed E-state index contributed by atoms with van der Waals surface area (Å²) in [4.78, 5) is 24.6. The molecule has 0 saturated carbocycles. The number of hydrogen-bond donors (Lipinski definition) is 2. The third-order valence-corrected chi connectivity index (χ3v) is 5.76. The molecule has 3 aromatic rings. The third kappa shape index (κ3) is 4.43. The highest BCUT2D eigenvalue weighted by Gasteiger charge is 2.21. The number of carbonyl (C=O) groups is 1. The molecule has 0 saturated heterocycles. The van der Waals surface area contributed by atoms with Crippen molar-refractivity contribution in [2.24, 2.45) is 4.99 Å². The van der Waals surface area contributed by atoms with Crippen LogP contribution in [0.25, 0.3) is 11.0 Å². The van der Waals surface area contributed by atoms with Gasteiger partial charge < -0.3 is 10.3 Å². The van der Waals surface area contributed by atoms with Crippen molar-refractivity contribution in [1.82, 2.24) is 9.97 Å². The lowest BCUT2D eigenvalue weighted by atomic mass is 10.1. The maximum Gasteiger partial charge on any atom is 0.255 e. The number of aliphatic imine (C=N–C) groups is 1. The third-order valence-electron chi connectivity index (χ3n) is 4.42. The highest BCUT2D eigenvalue weighted by molar-refractivity contribution is 6.50. The van der Waals surface area contributed by atoms with Gasteiger partial charge in [0.2, 0.25) is 5.95 Å². The van der Waals surface area contributed by atoms with Crippen LogP contribution in [0.3, 0.4) is 0 Å². The Balaban J connectivity index is 1.61. The topological polar surface area (TPSA) is 70.1 Å². The first-order valence-electron chi connectivity index (χ1n) is 8.75. The maximum absolute atomic E-state index is 12.6. The molecule has 1 aliphatic rings. The maximum atomic E-state index is 12.6. The van der Waals surface area contributed by atoms with E-state index in [9.17, 15) is 4.79 Å². The molecular weight excluding hydrogens is 454 g/mol. The normalized spacial score (nSPS) is 18.1. The van der Waals surface area contributed by atoms with Crippen LogP contribution in [-0.4, -0.2) is 27.0 Å². The smallest absolute Gasteiger partial charge is 0.255 e. The van der Waals surface area contributed by atoms with Gasteiger partial charge in [0.1, 0.15) is 0 Å². The number of nitrogens with one attached hydrogen (secondary N) is 2. The summed E-state index contributed by atoms with van der Waals surface area (Å²) in [6.45, 7) is 0. The molecule has 1 heterocycles. The second-order valence-electron chi connectivity index (χ2n) is 6.46. The Bertz CT molecular complexity index is 1170. The molecule has 2 aromatic carbocycles. The van der Waals surface area contributed by atoms with Crippen molar-refractivity contribution in [3.05, 3.63) is 63.1 Å². The number of rotatable bonds is 3. The van der Waals surface area contributed by atoms with E-state index in [1.807, 2.05) is 6.08 Å². The molecule has 1 aliphatic carbocycles. The highest BCUT2D eigenvalue weighted by Crippen LogP contribution is 2.28. The van der Waals surface area contributed by atoms with Crippen molar-refractivity contribution >= 4 is 80.7 Å². The first-order valence-corrected chi connectivity index (χ1v) is 10.3. The number of halogens is 4. The summed E-state index contributed by atoms with van der Waals surface area (Å²) in [6.07, 6.45) is 3.49. The van der Waals surface area contributed by atoms with Gasteiger partial charge in [0.05, 0.1) is 37.9 Å². The van der Waals surface area contributed by atoms with Crippen molar-refractivity contribution in [2.45, 2.75) is 18.2 Å². The number of allylic oxidation sites excluding steroid dienone is 2. The number of nitrogens with zero attached hydrogens (tertiary/aromatic N) is 2. The van der Waals surface area contributed by atoms with Crippen molar-refractivity contribution in [1.29, 1.82) is 0 Å². The van der Waals surface area contributed by atoms with Crippen molar-refractivity contribution in [2.75, 3.05) is 5.32 Å². The number of fused-ring (bicyclic) bond motifs is 1. The fourth-order valence-electron chi connectivity index (χ4n) is 2.96. The van der Waals surface area contributed by atoms with E-state index < -0.39 is 0 Å². The number of aromatic nitrogens is 2. The lowest BCUT2D eigenvalue weighted by Crippen LogP contribution is -2.18. The largest absolute Gasteiger partial charge is 0.322 e. The number of amides is 1. The monoisotopic (exact) mass is 466 g/mol. The molecule has 9 heteroatoms. The van der Waals surface area contributed by atoms with Gasteiger partial charge in [0.25, 0.3) is 5.91 Å². The second kappa shape index (κ2) is 8.36. The Hall–Kier alpha value is -2.05. The average molecular weight is 468 g/mol. The van der Waals surface area contributed by atoms with Crippen molar-refractivity contribution in [3.8, 4) is 0 Å². The Morgan fingerprint density at radius 2 is 2.00 bits per heavy atom. The molecule has 148 valence electrons. The number of aromatic amines is 1. The van der Waals surface area contributed by atoms with E-state index in [2.05, 4.69) is 20.3 Å². The van der Waals surface area contributed by atoms with Gasteiger partial charge in [-0.1, -0.05) is 40.9 Å². The molecule has 0 aliphatic heterocycles. The highest BCUT2D eigenvalue weighted by atomic mass is 35.5. The van der Waals surface area contributed by atoms with E-state index in [1.54, 1.807) is 36.4 Å². The summed E-state index contributed by atoms with van der Waals surface area (Å²) in [5.41, 5.74) is 2.79. The van der Waals surface area contributed by atoms with Crippen LogP contribution in [0.5, 0.6) is 0 Å². The lowest BCUT2D eigenvalue weighted by molar-refractivity contribution is 0.102. The molecule has 0 fully saturated rings. The minimum Gasteiger partial charge on any atom is -0.322 e. The predicted molar refractivity (Wildman–Crippen MR) is 120 cm³/mol. The molecule has 1 atom stereocenters.